The van der Waals surface area contributed by atoms with Crippen molar-refractivity contribution in [2.45, 2.75) is 50.6 Å². The number of hydrogen-bond acceptors (Lipinski definition) is 3. The van der Waals surface area contributed by atoms with Crippen LogP contribution >= 0.6 is 0 Å². The van der Waals surface area contributed by atoms with E-state index in [2.05, 4.69) is 47.9 Å². The van der Waals surface area contributed by atoms with Gasteiger partial charge in [-0.05, 0) is 49.8 Å². The first kappa shape index (κ1) is 15.2. The van der Waals surface area contributed by atoms with Crippen LogP contribution in [0.1, 0.15) is 38.7 Å². The highest BCUT2D eigenvalue weighted by Crippen LogP contribution is 2.63. The van der Waals surface area contributed by atoms with Crippen LogP contribution in [0, 0.1) is 17.8 Å². The van der Waals surface area contributed by atoms with Crippen LogP contribution in [0.2, 0.25) is 0 Å². The van der Waals surface area contributed by atoms with E-state index in [1.165, 1.54) is 38.0 Å². The van der Waals surface area contributed by atoms with Gasteiger partial charge in [-0.1, -0.05) is 31.5 Å². The highest BCUT2D eigenvalue weighted by Gasteiger charge is 2.67. The second-order valence-electron chi connectivity index (χ2n) is 8.46. The third kappa shape index (κ3) is 1.61. The molecule has 2 bridgehead atoms. The van der Waals surface area contributed by atoms with E-state index in [0.29, 0.717) is 30.5 Å². The van der Waals surface area contributed by atoms with Crippen molar-refractivity contribution in [3.05, 3.63) is 29.8 Å². The molecule has 5 rings (SSSR count). The molecule has 3 fully saturated rings. The highest BCUT2D eigenvalue weighted by atomic mass is 16.3. The summed E-state index contributed by atoms with van der Waals surface area (Å²) >= 11 is 0. The summed E-state index contributed by atoms with van der Waals surface area (Å²) in [5.41, 5.74) is 3.29. The molecule has 3 nitrogen and oxygen atoms in total. The third-order valence-corrected chi connectivity index (χ3v) is 8.03. The summed E-state index contributed by atoms with van der Waals surface area (Å²) in [6, 6.07) is 10.3. The number of aliphatic hydroxyl groups excluding tert-OH is 1. The Hall–Kier alpha value is -1.06. The molecule has 1 spiro atoms. The van der Waals surface area contributed by atoms with Gasteiger partial charge in [0.1, 0.15) is 0 Å². The van der Waals surface area contributed by atoms with Gasteiger partial charge in [-0.3, -0.25) is 4.90 Å². The molecular formula is C21H30N2O. The Balaban J connectivity index is 1.71. The summed E-state index contributed by atoms with van der Waals surface area (Å²) in [7, 11) is 0. The molecule has 130 valence electrons. The molecule has 1 aromatic rings. The summed E-state index contributed by atoms with van der Waals surface area (Å²) in [6.45, 7) is 8.54. The van der Waals surface area contributed by atoms with Gasteiger partial charge < -0.3 is 10.0 Å². The Labute approximate surface area is 145 Å². The number of aliphatic hydroxyl groups is 1. The number of rotatable bonds is 3. The molecule has 1 aliphatic carbocycles. The standard InChI is InChI=1S/C21H30N2O/c1-3-14-12-22-10-9-21-17-7-5-6-8-18(17)23(4-2)20(21)16(13-24)15(14)11-19(21)22/h5-8,14-16,19-20,24H,3-4,9-13H2,1-2H3/t14-,15+,16+,19+,20+,21?/m1/s1. The van der Waals surface area contributed by atoms with Crippen molar-refractivity contribution in [1.82, 2.24) is 4.90 Å². The van der Waals surface area contributed by atoms with Crippen molar-refractivity contribution in [3.8, 4) is 0 Å². The van der Waals surface area contributed by atoms with Crippen LogP contribution in [-0.2, 0) is 5.41 Å². The maximum atomic E-state index is 10.4. The number of hydrogen-bond donors (Lipinski definition) is 1. The van der Waals surface area contributed by atoms with Gasteiger partial charge in [0, 0.05) is 48.8 Å². The van der Waals surface area contributed by atoms with E-state index >= 15 is 0 Å². The Kier molecular flexibility index (Phi) is 3.31. The van der Waals surface area contributed by atoms with E-state index in [0.717, 1.165) is 12.5 Å². The first-order valence-electron chi connectivity index (χ1n) is 9.97. The number of fused-ring (bicyclic) bond motifs is 2. The minimum absolute atomic E-state index is 0.259. The minimum atomic E-state index is 0.259. The van der Waals surface area contributed by atoms with E-state index in [1.807, 2.05) is 0 Å². The monoisotopic (exact) mass is 326 g/mol. The van der Waals surface area contributed by atoms with Gasteiger partial charge in [0.25, 0.3) is 0 Å². The third-order valence-electron chi connectivity index (χ3n) is 8.03. The van der Waals surface area contributed by atoms with Crippen LogP contribution in [-0.4, -0.2) is 48.3 Å². The van der Waals surface area contributed by atoms with Crippen molar-refractivity contribution < 1.29 is 5.11 Å². The average molecular weight is 326 g/mol. The Morgan fingerprint density at radius 1 is 1.25 bits per heavy atom. The smallest absolute Gasteiger partial charge is 0.0482 e. The maximum Gasteiger partial charge on any atom is 0.0482 e. The molecule has 0 radical (unpaired) electrons. The molecule has 24 heavy (non-hydrogen) atoms. The van der Waals surface area contributed by atoms with Gasteiger partial charge in [0.15, 0.2) is 0 Å². The second-order valence-corrected chi connectivity index (χ2v) is 8.46. The van der Waals surface area contributed by atoms with Crippen molar-refractivity contribution >= 4 is 5.69 Å². The molecular weight excluding hydrogens is 296 g/mol. The molecule has 1 aromatic carbocycles. The Morgan fingerprint density at radius 3 is 2.83 bits per heavy atom. The normalized spacial score (nSPS) is 43.0. The van der Waals surface area contributed by atoms with Crippen LogP contribution in [0.15, 0.2) is 24.3 Å². The predicted octanol–water partition coefficient (Wildman–Crippen LogP) is 2.88. The summed E-state index contributed by atoms with van der Waals surface area (Å²) in [4.78, 5) is 5.46. The Bertz CT molecular complexity index is 646. The van der Waals surface area contributed by atoms with Crippen LogP contribution in [0.3, 0.4) is 0 Å². The second kappa shape index (κ2) is 5.22. The van der Waals surface area contributed by atoms with E-state index < -0.39 is 0 Å². The number of benzene rings is 1. The molecule has 3 heterocycles. The first-order valence-corrected chi connectivity index (χ1v) is 9.97. The van der Waals surface area contributed by atoms with Gasteiger partial charge in [-0.25, -0.2) is 0 Å². The molecule has 3 aliphatic heterocycles. The number of piperidine rings is 1. The minimum Gasteiger partial charge on any atom is -0.396 e. The molecule has 1 unspecified atom stereocenters. The molecule has 1 saturated carbocycles. The lowest BCUT2D eigenvalue weighted by molar-refractivity contribution is -0.0420. The average Bonchev–Trinajstić information content (AvgIpc) is 3.15. The lowest BCUT2D eigenvalue weighted by Crippen LogP contribution is -2.66. The summed E-state index contributed by atoms with van der Waals surface area (Å²) in [5.74, 6) is 1.89. The lowest BCUT2D eigenvalue weighted by atomic mass is 9.54. The fourth-order valence-electron chi connectivity index (χ4n) is 7.21. The number of nitrogens with zero attached hydrogens (tertiary/aromatic N) is 2. The first-order chi connectivity index (χ1) is 11.8. The van der Waals surface area contributed by atoms with Gasteiger partial charge in [-0.15, -0.1) is 0 Å². The van der Waals surface area contributed by atoms with Crippen LogP contribution in [0.5, 0.6) is 0 Å². The van der Waals surface area contributed by atoms with Gasteiger partial charge in [-0.2, -0.15) is 0 Å². The van der Waals surface area contributed by atoms with Crippen LogP contribution in [0.25, 0.3) is 0 Å². The Morgan fingerprint density at radius 2 is 2.08 bits per heavy atom. The summed E-state index contributed by atoms with van der Waals surface area (Å²) in [6.07, 6.45) is 3.82. The van der Waals surface area contributed by atoms with Gasteiger partial charge in [0.05, 0.1) is 0 Å². The number of para-hydroxylation sites is 1. The van der Waals surface area contributed by atoms with Crippen LogP contribution in [0.4, 0.5) is 5.69 Å². The van der Waals surface area contributed by atoms with E-state index in [-0.39, 0.29) is 5.41 Å². The largest absolute Gasteiger partial charge is 0.396 e. The SMILES string of the molecule is CC[C@@H]1CN2CCC34c5ccccc5N(CC)[C@H]3[C@@H](CO)[C@H]1C[C@H]24. The lowest BCUT2D eigenvalue weighted by Gasteiger charge is -2.58. The topological polar surface area (TPSA) is 26.7 Å². The fourth-order valence-corrected chi connectivity index (χ4v) is 7.21. The molecule has 2 saturated heterocycles. The summed E-state index contributed by atoms with van der Waals surface area (Å²) < 4.78 is 0. The van der Waals surface area contributed by atoms with Crippen molar-refractivity contribution in [1.29, 1.82) is 0 Å². The molecule has 0 amide bonds. The van der Waals surface area contributed by atoms with Crippen molar-refractivity contribution in [2.75, 3.05) is 31.1 Å². The van der Waals surface area contributed by atoms with E-state index in [9.17, 15) is 5.11 Å². The van der Waals surface area contributed by atoms with E-state index in [4.69, 9.17) is 0 Å². The molecule has 1 N–H and O–H groups in total. The molecule has 3 heteroatoms. The molecule has 4 aliphatic rings. The molecule has 0 aromatic heterocycles. The number of likely N-dealkylation sites (N-methyl/N-ethyl adjacent to an activating group) is 1. The predicted molar refractivity (Wildman–Crippen MR) is 97.4 cm³/mol. The van der Waals surface area contributed by atoms with Crippen molar-refractivity contribution in [2.24, 2.45) is 17.8 Å². The summed E-state index contributed by atoms with van der Waals surface area (Å²) in [5, 5.41) is 10.4. The zero-order valence-corrected chi connectivity index (χ0v) is 15.0. The zero-order valence-electron chi connectivity index (χ0n) is 15.0. The van der Waals surface area contributed by atoms with Gasteiger partial charge >= 0.3 is 0 Å². The quantitative estimate of drug-likeness (QED) is 0.925. The van der Waals surface area contributed by atoms with E-state index in [1.54, 1.807) is 5.56 Å². The van der Waals surface area contributed by atoms with Gasteiger partial charge in [0.2, 0.25) is 0 Å². The fraction of sp³-hybridized carbons (Fsp3) is 0.714. The number of anilines is 1. The zero-order chi connectivity index (χ0) is 16.5. The van der Waals surface area contributed by atoms with Crippen LogP contribution < -0.4 is 4.90 Å². The highest BCUT2D eigenvalue weighted by molar-refractivity contribution is 5.66. The van der Waals surface area contributed by atoms with Crippen molar-refractivity contribution in [3.63, 3.8) is 0 Å². The maximum absolute atomic E-state index is 10.4. The molecule has 6 atom stereocenters.